The Labute approximate surface area is 112 Å². The van der Waals surface area contributed by atoms with E-state index in [1.807, 2.05) is 26.1 Å². The van der Waals surface area contributed by atoms with E-state index in [1.165, 1.54) is 5.56 Å². The van der Waals surface area contributed by atoms with Gasteiger partial charge in [0.1, 0.15) is 5.76 Å². The molecule has 2 aromatic rings. The molecule has 2 rings (SSSR count). The summed E-state index contributed by atoms with van der Waals surface area (Å²) >= 11 is 5.96. The Bertz CT molecular complexity index is 536. The third kappa shape index (κ3) is 2.67. The van der Waals surface area contributed by atoms with Crippen molar-refractivity contribution in [2.75, 3.05) is 11.9 Å². The maximum absolute atomic E-state index is 5.96. The van der Waals surface area contributed by atoms with Gasteiger partial charge < -0.3 is 9.32 Å². The number of aryl methyl sites for hydroxylation is 2. The molecule has 0 saturated heterocycles. The van der Waals surface area contributed by atoms with Gasteiger partial charge in [0.15, 0.2) is 0 Å². The molecule has 96 valence electrons. The third-order valence-electron chi connectivity index (χ3n) is 3.03. The topological polar surface area (TPSA) is 29.3 Å². The number of anilines is 1. The normalized spacial score (nSPS) is 10.7. The van der Waals surface area contributed by atoms with Crippen LogP contribution in [0, 0.1) is 13.8 Å². The van der Waals surface area contributed by atoms with E-state index < -0.39 is 0 Å². The van der Waals surface area contributed by atoms with E-state index in [1.54, 1.807) is 6.26 Å². The van der Waals surface area contributed by atoms with E-state index in [0.29, 0.717) is 5.88 Å². The van der Waals surface area contributed by atoms with Crippen molar-refractivity contribution in [1.82, 2.24) is 4.98 Å². The molecule has 0 fully saturated rings. The Morgan fingerprint density at radius 2 is 2.11 bits per heavy atom. The summed E-state index contributed by atoms with van der Waals surface area (Å²) in [5.74, 6) is 1.43. The number of rotatable bonds is 4. The fourth-order valence-electron chi connectivity index (χ4n) is 1.95. The van der Waals surface area contributed by atoms with Crippen molar-refractivity contribution >= 4 is 17.3 Å². The van der Waals surface area contributed by atoms with Crippen LogP contribution in [0.5, 0.6) is 0 Å². The molecular formula is C14H17ClN2O. The minimum Gasteiger partial charge on any atom is -0.469 e. The number of halogens is 1. The fourth-order valence-corrected chi connectivity index (χ4v) is 2.15. The molecule has 2 aromatic heterocycles. The number of hydrogen-bond donors (Lipinski definition) is 0. The first-order valence-electron chi connectivity index (χ1n) is 5.87. The smallest absolute Gasteiger partial charge is 0.105 e. The maximum atomic E-state index is 5.96. The number of nitrogens with zero attached hydrogens (tertiary/aromatic N) is 2. The molecule has 0 amide bonds. The van der Waals surface area contributed by atoms with Crippen molar-refractivity contribution < 1.29 is 4.42 Å². The summed E-state index contributed by atoms with van der Waals surface area (Å²) in [5, 5.41) is 0. The zero-order valence-electron chi connectivity index (χ0n) is 10.9. The predicted octanol–water partition coefficient (Wildman–Crippen LogP) is 3.67. The Morgan fingerprint density at radius 3 is 2.72 bits per heavy atom. The Balaban J connectivity index is 2.25. The number of alkyl halides is 1. The number of hydrogen-bond acceptors (Lipinski definition) is 3. The summed E-state index contributed by atoms with van der Waals surface area (Å²) in [4.78, 5) is 6.45. The van der Waals surface area contributed by atoms with Crippen LogP contribution in [0.2, 0.25) is 0 Å². The molecule has 4 heteroatoms. The van der Waals surface area contributed by atoms with Gasteiger partial charge in [0.05, 0.1) is 12.1 Å². The van der Waals surface area contributed by atoms with Crippen LogP contribution >= 0.6 is 11.6 Å². The van der Waals surface area contributed by atoms with Crippen LogP contribution in [-0.2, 0) is 12.4 Å². The molecule has 0 aromatic carbocycles. The minimum atomic E-state index is 0.470. The van der Waals surface area contributed by atoms with Gasteiger partial charge in [-0.25, -0.2) is 0 Å². The largest absolute Gasteiger partial charge is 0.469 e. The number of furan rings is 1. The van der Waals surface area contributed by atoms with Gasteiger partial charge >= 0.3 is 0 Å². The highest BCUT2D eigenvalue weighted by Gasteiger charge is 2.10. The summed E-state index contributed by atoms with van der Waals surface area (Å²) in [7, 11) is 2.05. The molecular weight excluding hydrogens is 248 g/mol. The molecule has 0 aliphatic heterocycles. The predicted molar refractivity (Wildman–Crippen MR) is 74.1 cm³/mol. The molecule has 0 bridgehead atoms. The molecule has 0 spiro atoms. The lowest BCUT2D eigenvalue weighted by atomic mass is 10.2. The lowest BCUT2D eigenvalue weighted by Gasteiger charge is -2.21. The monoisotopic (exact) mass is 264 g/mol. The lowest BCUT2D eigenvalue weighted by molar-refractivity contribution is 0.529. The highest BCUT2D eigenvalue weighted by Crippen LogP contribution is 2.24. The van der Waals surface area contributed by atoms with E-state index in [2.05, 4.69) is 23.0 Å². The van der Waals surface area contributed by atoms with Gasteiger partial charge in [0.2, 0.25) is 0 Å². The molecule has 0 aliphatic carbocycles. The maximum Gasteiger partial charge on any atom is 0.105 e. The second-order valence-corrected chi connectivity index (χ2v) is 4.71. The van der Waals surface area contributed by atoms with Crippen molar-refractivity contribution in [2.45, 2.75) is 26.3 Å². The molecule has 0 saturated carbocycles. The standard InChI is InChI=1S/C14H17ClN2O/c1-10-6-14(13(7-15)8-16-10)17(3)9-12-4-5-18-11(12)2/h4-6,8H,7,9H2,1-3H3. The molecule has 0 unspecified atom stereocenters. The highest BCUT2D eigenvalue weighted by molar-refractivity contribution is 6.17. The van der Waals surface area contributed by atoms with Gasteiger partial charge in [-0.15, -0.1) is 11.6 Å². The van der Waals surface area contributed by atoms with E-state index >= 15 is 0 Å². The van der Waals surface area contributed by atoms with E-state index in [9.17, 15) is 0 Å². The quantitative estimate of drug-likeness (QED) is 0.789. The van der Waals surface area contributed by atoms with Crippen molar-refractivity contribution in [3.63, 3.8) is 0 Å². The van der Waals surface area contributed by atoms with Crippen LogP contribution in [0.1, 0.15) is 22.6 Å². The molecule has 0 atom stereocenters. The zero-order valence-corrected chi connectivity index (χ0v) is 11.7. The Morgan fingerprint density at radius 1 is 1.33 bits per heavy atom. The van der Waals surface area contributed by atoms with Crippen LogP contribution in [0.25, 0.3) is 0 Å². The van der Waals surface area contributed by atoms with Crippen LogP contribution in [-0.4, -0.2) is 12.0 Å². The number of pyridine rings is 1. The van der Waals surface area contributed by atoms with E-state index in [4.69, 9.17) is 16.0 Å². The van der Waals surface area contributed by atoms with Crippen LogP contribution in [0.4, 0.5) is 5.69 Å². The first-order chi connectivity index (χ1) is 8.61. The molecule has 3 nitrogen and oxygen atoms in total. The van der Waals surface area contributed by atoms with Gasteiger partial charge in [0, 0.05) is 42.3 Å². The summed E-state index contributed by atoms with van der Waals surface area (Å²) in [6, 6.07) is 4.06. The first kappa shape index (κ1) is 13.0. The van der Waals surface area contributed by atoms with Crippen molar-refractivity contribution in [3.8, 4) is 0 Å². The average molecular weight is 265 g/mol. The van der Waals surface area contributed by atoms with Gasteiger partial charge in [0.25, 0.3) is 0 Å². The second-order valence-electron chi connectivity index (χ2n) is 4.45. The molecule has 0 radical (unpaired) electrons. The molecule has 0 N–H and O–H groups in total. The summed E-state index contributed by atoms with van der Waals surface area (Å²) < 4.78 is 5.32. The SMILES string of the molecule is Cc1cc(N(C)Cc2ccoc2C)c(CCl)cn1. The van der Waals surface area contributed by atoms with Crippen molar-refractivity contribution in [1.29, 1.82) is 0 Å². The fraction of sp³-hybridized carbons (Fsp3) is 0.357. The van der Waals surface area contributed by atoms with Gasteiger partial charge in [-0.2, -0.15) is 0 Å². The Kier molecular flexibility index (Phi) is 3.92. The third-order valence-corrected chi connectivity index (χ3v) is 3.32. The van der Waals surface area contributed by atoms with Crippen LogP contribution in [0.15, 0.2) is 29.0 Å². The van der Waals surface area contributed by atoms with Crippen molar-refractivity contribution in [3.05, 3.63) is 47.2 Å². The molecule has 2 heterocycles. The van der Waals surface area contributed by atoms with Crippen molar-refractivity contribution in [2.24, 2.45) is 0 Å². The lowest BCUT2D eigenvalue weighted by Crippen LogP contribution is -2.18. The van der Waals surface area contributed by atoms with Crippen LogP contribution < -0.4 is 4.90 Å². The van der Waals surface area contributed by atoms with E-state index in [-0.39, 0.29) is 0 Å². The zero-order chi connectivity index (χ0) is 13.1. The van der Waals surface area contributed by atoms with Gasteiger partial charge in [-0.3, -0.25) is 4.98 Å². The van der Waals surface area contributed by atoms with Gasteiger partial charge in [-0.1, -0.05) is 0 Å². The highest BCUT2D eigenvalue weighted by atomic mass is 35.5. The first-order valence-corrected chi connectivity index (χ1v) is 6.41. The summed E-state index contributed by atoms with van der Waals surface area (Å²) in [5.41, 5.74) is 4.35. The molecule has 18 heavy (non-hydrogen) atoms. The van der Waals surface area contributed by atoms with Crippen LogP contribution in [0.3, 0.4) is 0 Å². The average Bonchev–Trinajstić information content (AvgIpc) is 2.75. The minimum absolute atomic E-state index is 0.470. The summed E-state index contributed by atoms with van der Waals surface area (Å²) in [6.07, 6.45) is 3.56. The Hall–Kier alpha value is -1.48. The van der Waals surface area contributed by atoms with E-state index in [0.717, 1.165) is 29.2 Å². The van der Waals surface area contributed by atoms with Gasteiger partial charge in [-0.05, 0) is 26.0 Å². The second kappa shape index (κ2) is 5.44. The summed E-state index contributed by atoms with van der Waals surface area (Å²) in [6.45, 7) is 4.76. The molecule has 0 aliphatic rings. The number of aromatic nitrogens is 1.